The smallest absolute Gasteiger partial charge is 0.308 e. The Morgan fingerprint density at radius 2 is 1.53 bits per heavy atom. The van der Waals surface area contributed by atoms with Gasteiger partial charge in [0.05, 0.1) is 23.0 Å². The van der Waals surface area contributed by atoms with Crippen molar-refractivity contribution in [2.75, 3.05) is 13.2 Å². The summed E-state index contributed by atoms with van der Waals surface area (Å²) in [6.07, 6.45) is -0.0103. The summed E-state index contributed by atoms with van der Waals surface area (Å²) in [5.74, 6) is 0.0248. The molecule has 0 radical (unpaired) electrons. The van der Waals surface area contributed by atoms with Gasteiger partial charge in [0.2, 0.25) is 0 Å². The molecule has 0 aliphatic rings. The minimum Gasteiger partial charge on any atom is -0.489 e. The highest BCUT2D eigenvalue weighted by molar-refractivity contribution is 6.33. The second-order valence-electron chi connectivity index (χ2n) is 7.41. The largest absolute Gasteiger partial charge is 0.489 e. The average molecular weight is 452 g/mol. The first-order chi connectivity index (χ1) is 15.5. The molecule has 0 aliphatic carbocycles. The number of ether oxygens (including phenoxy) is 2. The molecule has 32 heavy (non-hydrogen) atoms. The van der Waals surface area contributed by atoms with Gasteiger partial charge in [0.15, 0.2) is 0 Å². The van der Waals surface area contributed by atoms with E-state index in [1.54, 1.807) is 24.3 Å². The van der Waals surface area contributed by atoms with Crippen LogP contribution in [0.2, 0.25) is 5.02 Å². The maximum atomic E-state index is 12.7. The second-order valence-corrected chi connectivity index (χ2v) is 7.82. The fraction of sp³-hybridized carbons (Fsp3) is 0.231. The van der Waals surface area contributed by atoms with Gasteiger partial charge in [-0.05, 0) is 42.7 Å². The van der Waals surface area contributed by atoms with Crippen LogP contribution >= 0.6 is 11.6 Å². The third-order valence-electron chi connectivity index (χ3n) is 5.00. The Kier molecular flexibility index (Phi) is 8.28. The molecule has 0 fully saturated rings. The van der Waals surface area contributed by atoms with Crippen LogP contribution in [0.25, 0.3) is 0 Å². The van der Waals surface area contributed by atoms with Crippen molar-refractivity contribution in [1.29, 1.82) is 0 Å². The van der Waals surface area contributed by atoms with Crippen LogP contribution in [-0.2, 0) is 9.53 Å². The number of para-hydroxylation sites is 1. The van der Waals surface area contributed by atoms with E-state index in [0.29, 0.717) is 10.6 Å². The van der Waals surface area contributed by atoms with Crippen LogP contribution in [-0.4, -0.2) is 25.1 Å². The Hall–Kier alpha value is -3.31. The van der Waals surface area contributed by atoms with Gasteiger partial charge in [-0.25, -0.2) is 0 Å². The fourth-order valence-electron chi connectivity index (χ4n) is 3.37. The van der Waals surface area contributed by atoms with E-state index in [9.17, 15) is 9.59 Å². The normalized spacial score (nSPS) is 11.5. The maximum Gasteiger partial charge on any atom is 0.308 e. The Bertz CT molecular complexity index is 1050. The molecule has 0 aliphatic heterocycles. The predicted molar refractivity (Wildman–Crippen MR) is 125 cm³/mol. The lowest BCUT2D eigenvalue weighted by Crippen LogP contribution is -2.31. The van der Waals surface area contributed by atoms with Crippen LogP contribution in [0.3, 0.4) is 0 Å². The maximum absolute atomic E-state index is 12.7. The lowest BCUT2D eigenvalue weighted by molar-refractivity contribution is -0.144. The molecule has 1 atom stereocenters. The molecule has 1 unspecified atom stereocenters. The van der Waals surface area contributed by atoms with E-state index in [-0.39, 0.29) is 25.5 Å². The first-order valence-corrected chi connectivity index (χ1v) is 10.8. The monoisotopic (exact) mass is 451 g/mol. The van der Waals surface area contributed by atoms with Crippen molar-refractivity contribution in [3.8, 4) is 5.75 Å². The van der Waals surface area contributed by atoms with E-state index in [1.165, 1.54) is 0 Å². The van der Waals surface area contributed by atoms with E-state index >= 15 is 0 Å². The summed E-state index contributed by atoms with van der Waals surface area (Å²) in [5.41, 5.74) is 3.22. The molecule has 3 aromatic carbocycles. The van der Waals surface area contributed by atoms with Crippen molar-refractivity contribution < 1.29 is 19.1 Å². The first kappa shape index (κ1) is 23.4. The molecule has 6 heteroatoms. The minimum absolute atomic E-state index is 0.0103. The van der Waals surface area contributed by atoms with Gasteiger partial charge in [0.25, 0.3) is 5.91 Å². The summed E-state index contributed by atoms with van der Waals surface area (Å²) < 4.78 is 11.1. The zero-order valence-electron chi connectivity index (χ0n) is 18.1. The Labute approximate surface area is 193 Å². The molecule has 0 aromatic heterocycles. The molecular weight excluding hydrogens is 426 g/mol. The standard InChI is InChI=1S/C26H26ClNO4/c1-18-9-8-10-19(2)25(18)32-16-15-31-24(29)17-23(20-11-4-3-5-12-20)28-26(30)21-13-6-7-14-22(21)27/h3-14,23H,15-17H2,1-2H3,(H,28,30). The van der Waals surface area contributed by atoms with Crippen LogP contribution in [0.4, 0.5) is 0 Å². The van der Waals surface area contributed by atoms with Crippen molar-refractivity contribution in [2.45, 2.75) is 26.3 Å². The molecule has 1 N–H and O–H groups in total. The third kappa shape index (κ3) is 6.34. The number of amides is 1. The molecule has 0 saturated heterocycles. The molecule has 3 aromatic rings. The number of halogens is 1. The zero-order chi connectivity index (χ0) is 22.9. The Balaban J connectivity index is 1.59. The quantitative estimate of drug-likeness (QED) is 0.347. The Morgan fingerprint density at radius 3 is 2.22 bits per heavy atom. The van der Waals surface area contributed by atoms with Crippen molar-refractivity contribution in [2.24, 2.45) is 0 Å². The predicted octanol–water partition coefficient (Wildman–Crippen LogP) is 5.44. The molecule has 1 amide bonds. The summed E-state index contributed by atoms with van der Waals surface area (Å²) in [6.45, 7) is 4.31. The first-order valence-electron chi connectivity index (χ1n) is 10.4. The van der Waals surface area contributed by atoms with E-state index in [2.05, 4.69) is 5.32 Å². The van der Waals surface area contributed by atoms with E-state index in [0.717, 1.165) is 22.4 Å². The number of benzene rings is 3. The number of carbonyl (C=O) groups excluding carboxylic acids is 2. The summed E-state index contributed by atoms with van der Waals surface area (Å²) >= 11 is 6.15. The summed E-state index contributed by atoms with van der Waals surface area (Å²) in [6, 6.07) is 21.5. The van der Waals surface area contributed by atoms with Gasteiger partial charge in [-0.15, -0.1) is 0 Å². The van der Waals surface area contributed by atoms with Crippen LogP contribution < -0.4 is 10.1 Å². The molecule has 0 bridgehead atoms. The molecule has 166 valence electrons. The highest BCUT2D eigenvalue weighted by Crippen LogP contribution is 2.23. The SMILES string of the molecule is Cc1cccc(C)c1OCCOC(=O)CC(NC(=O)c1ccccc1Cl)c1ccccc1. The molecule has 0 spiro atoms. The molecular formula is C26H26ClNO4. The van der Waals surface area contributed by atoms with Crippen LogP contribution in [0.5, 0.6) is 5.75 Å². The number of hydrogen-bond donors (Lipinski definition) is 1. The highest BCUT2D eigenvalue weighted by Gasteiger charge is 2.21. The van der Waals surface area contributed by atoms with Gasteiger partial charge >= 0.3 is 5.97 Å². The molecule has 5 nitrogen and oxygen atoms in total. The van der Waals surface area contributed by atoms with Crippen LogP contribution in [0, 0.1) is 13.8 Å². The number of aryl methyl sites for hydroxylation is 2. The lowest BCUT2D eigenvalue weighted by Gasteiger charge is -2.19. The van der Waals surface area contributed by atoms with Crippen molar-refractivity contribution in [3.63, 3.8) is 0 Å². The van der Waals surface area contributed by atoms with Crippen molar-refractivity contribution >= 4 is 23.5 Å². The number of nitrogens with one attached hydrogen (secondary N) is 1. The topological polar surface area (TPSA) is 64.6 Å². The van der Waals surface area contributed by atoms with Gasteiger partial charge < -0.3 is 14.8 Å². The number of carbonyl (C=O) groups is 2. The van der Waals surface area contributed by atoms with Crippen molar-refractivity contribution in [3.05, 3.63) is 100 Å². The number of esters is 1. The minimum atomic E-state index is -0.549. The van der Waals surface area contributed by atoms with Crippen LogP contribution in [0.1, 0.15) is 39.5 Å². The summed E-state index contributed by atoms with van der Waals surface area (Å²) in [7, 11) is 0. The lowest BCUT2D eigenvalue weighted by atomic mass is 10.0. The second kappa shape index (κ2) is 11.3. The van der Waals surface area contributed by atoms with Gasteiger partial charge in [-0.1, -0.05) is 72.3 Å². The zero-order valence-corrected chi connectivity index (χ0v) is 18.9. The van der Waals surface area contributed by atoms with Gasteiger partial charge in [-0.3, -0.25) is 9.59 Å². The van der Waals surface area contributed by atoms with Gasteiger partial charge in [-0.2, -0.15) is 0 Å². The molecule has 3 rings (SSSR count). The average Bonchev–Trinajstić information content (AvgIpc) is 2.78. The highest BCUT2D eigenvalue weighted by atomic mass is 35.5. The van der Waals surface area contributed by atoms with E-state index < -0.39 is 12.0 Å². The van der Waals surface area contributed by atoms with E-state index in [1.807, 2.05) is 62.4 Å². The van der Waals surface area contributed by atoms with E-state index in [4.69, 9.17) is 21.1 Å². The number of hydrogen-bond acceptors (Lipinski definition) is 4. The molecule has 0 saturated carbocycles. The summed E-state index contributed by atoms with van der Waals surface area (Å²) in [4.78, 5) is 25.2. The summed E-state index contributed by atoms with van der Waals surface area (Å²) in [5, 5.41) is 3.25. The van der Waals surface area contributed by atoms with Gasteiger partial charge in [0, 0.05) is 0 Å². The van der Waals surface area contributed by atoms with Gasteiger partial charge in [0.1, 0.15) is 19.0 Å². The molecule has 0 heterocycles. The van der Waals surface area contributed by atoms with Crippen molar-refractivity contribution in [1.82, 2.24) is 5.32 Å². The fourth-order valence-corrected chi connectivity index (χ4v) is 3.59. The van der Waals surface area contributed by atoms with Crippen LogP contribution in [0.15, 0.2) is 72.8 Å². The Morgan fingerprint density at radius 1 is 0.875 bits per heavy atom. The third-order valence-corrected chi connectivity index (χ3v) is 5.33. The number of rotatable bonds is 9.